The van der Waals surface area contributed by atoms with Gasteiger partial charge in [0.25, 0.3) is 17.7 Å². The minimum atomic E-state index is -0.148. The van der Waals surface area contributed by atoms with E-state index in [1.54, 1.807) is 41.1 Å². The molecule has 1 N–H and O–H groups in total. The number of aromatic hydroxyl groups is 1. The van der Waals surface area contributed by atoms with Gasteiger partial charge in [-0.15, -0.1) is 0 Å². The van der Waals surface area contributed by atoms with Gasteiger partial charge >= 0.3 is 0 Å². The molecule has 11 heteroatoms. The number of hydrogen-bond donors (Lipinski definition) is 1. The number of morpholine rings is 1. The summed E-state index contributed by atoms with van der Waals surface area (Å²) in [6.07, 6.45) is 3.42. The molecule has 4 aliphatic rings. The van der Waals surface area contributed by atoms with Crippen molar-refractivity contribution in [2.24, 2.45) is 0 Å². The van der Waals surface area contributed by atoms with Crippen molar-refractivity contribution in [3.8, 4) is 22.8 Å². The molecule has 1 fully saturated rings. The van der Waals surface area contributed by atoms with Gasteiger partial charge in [-0.05, 0) is 103 Å². The Morgan fingerprint density at radius 3 is 2.29 bits per heavy atom. The molecule has 1 atom stereocenters. The molecule has 1 aromatic heterocycles. The highest BCUT2D eigenvalue weighted by atomic mass is 16.5. The number of para-hydroxylation sites is 1. The van der Waals surface area contributed by atoms with Crippen molar-refractivity contribution in [3.63, 3.8) is 0 Å². The number of amides is 3. The number of fused-ring (bicyclic) bond motifs is 3. The molecule has 298 valence electrons. The number of phenols is 1. The van der Waals surface area contributed by atoms with Crippen molar-refractivity contribution < 1.29 is 29.0 Å². The minimum Gasteiger partial charge on any atom is -0.508 e. The van der Waals surface area contributed by atoms with Gasteiger partial charge in [-0.1, -0.05) is 42.5 Å². The van der Waals surface area contributed by atoms with E-state index in [0.29, 0.717) is 55.4 Å². The summed E-state index contributed by atoms with van der Waals surface area (Å²) in [5.41, 5.74) is 8.77. The lowest BCUT2D eigenvalue weighted by atomic mass is 9.91. The Labute approximate surface area is 339 Å². The highest BCUT2D eigenvalue weighted by Gasteiger charge is 2.36. The number of carbonyl (C=O) groups is 3. The molecular formula is C47H49N5O6. The van der Waals surface area contributed by atoms with E-state index in [1.165, 1.54) is 5.56 Å². The zero-order chi connectivity index (χ0) is 39.8. The molecule has 0 aliphatic carbocycles. The van der Waals surface area contributed by atoms with Gasteiger partial charge in [0.2, 0.25) is 0 Å². The van der Waals surface area contributed by atoms with Crippen LogP contribution in [0.2, 0.25) is 0 Å². The molecule has 0 radical (unpaired) electrons. The van der Waals surface area contributed by atoms with Gasteiger partial charge in [0.05, 0.1) is 18.8 Å². The number of nitrogens with zero attached hydrogens (tertiary/aromatic N) is 5. The van der Waals surface area contributed by atoms with E-state index in [0.717, 1.165) is 85.5 Å². The maximum atomic E-state index is 15.4. The van der Waals surface area contributed by atoms with E-state index in [-0.39, 0.29) is 36.1 Å². The van der Waals surface area contributed by atoms with E-state index in [2.05, 4.69) is 38.6 Å². The van der Waals surface area contributed by atoms with Gasteiger partial charge < -0.3 is 33.8 Å². The number of hydrogen-bond acceptors (Lipinski definition) is 7. The molecule has 5 aromatic rings. The Balaban J connectivity index is 1.11. The third kappa shape index (κ3) is 7.47. The summed E-state index contributed by atoms with van der Waals surface area (Å²) in [6.45, 7) is 5.67. The summed E-state index contributed by atoms with van der Waals surface area (Å²) in [4.78, 5) is 51.2. The fraction of sp³-hybridized carbons (Fsp3) is 0.340. The van der Waals surface area contributed by atoms with Gasteiger partial charge in [-0.3, -0.25) is 19.3 Å². The van der Waals surface area contributed by atoms with Crippen LogP contribution in [0, 0.1) is 0 Å². The second-order valence-electron chi connectivity index (χ2n) is 15.9. The van der Waals surface area contributed by atoms with Crippen LogP contribution in [0.25, 0.3) is 11.3 Å². The Kier molecular flexibility index (Phi) is 10.5. The minimum absolute atomic E-state index is 0.0489. The Morgan fingerprint density at radius 2 is 1.52 bits per heavy atom. The quantitative estimate of drug-likeness (QED) is 0.187. The van der Waals surface area contributed by atoms with E-state index in [1.807, 2.05) is 48.5 Å². The average Bonchev–Trinajstić information content (AvgIpc) is 3.87. The molecule has 4 aromatic carbocycles. The average molecular weight is 780 g/mol. The highest BCUT2D eigenvalue weighted by Crippen LogP contribution is 2.39. The van der Waals surface area contributed by atoms with Crippen LogP contribution >= 0.6 is 0 Å². The van der Waals surface area contributed by atoms with Crippen LogP contribution in [-0.4, -0.2) is 94.6 Å². The van der Waals surface area contributed by atoms with Gasteiger partial charge in [-0.2, -0.15) is 0 Å². The monoisotopic (exact) mass is 779 g/mol. The van der Waals surface area contributed by atoms with E-state index >= 15 is 4.79 Å². The number of phenolic OH excluding ortho intramolecular Hbond substituents is 1. The van der Waals surface area contributed by atoms with Gasteiger partial charge in [0.15, 0.2) is 6.61 Å². The summed E-state index contributed by atoms with van der Waals surface area (Å²) in [7, 11) is 1.75. The molecule has 11 nitrogen and oxygen atoms in total. The topological polar surface area (TPSA) is 108 Å². The molecule has 4 aliphatic heterocycles. The predicted octanol–water partition coefficient (Wildman–Crippen LogP) is 6.29. The maximum Gasteiger partial charge on any atom is 0.261 e. The summed E-state index contributed by atoms with van der Waals surface area (Å²) < 4.78 is 13.8. The third-order valence-electron chi connectivity index (χ3n) is 12.2. The fourth-order valence-corrected chi connectivity index (χ4v) is 9.05. The van der Waals surface area contributed by atoms with Crippen LogP contribution in [-0.2, 0) is 48.6 Å². The molecule has 9 rings (SSSR count). The van der Waals surface area contributed by atoms with Crippen LogP contribution in [0.4, 0.5) is 5.69 Å². The first-order valence-electron chi connectivity index (χ1n) is 20.4. The molecule has 0 unspecified atom stereocenters. The van der Waals surface area contributed by atoms with Gasteiger partial charge in [-0.25, -0.2) is 0 Å². The predicted molar refractivity (Wildman–Crippen MR) is 221 cm³/mol. The lowest BCUT2D eigenvalue weighted by molar-refractivity contribution is -0.134. The van der Waals surface area contributed by atoms with Crippen LogP contribution < -0.4 is 9.64 Å². The summed E-state index contributed by atoms with van der Waals surface area (Å²) in [5, 5.41) is 9.91. The summed E-state index contributed by atoms with van der Waals surface area (Å²) in [5.74, 6) is 0.443. The standard InChI is InChI=1S/C47H49N5O6/c1-48(36-14-16-38(53)17-15-36)46(55)42-26-44(51-18-8-7-13-43(42)51)40-24-34-27-50(45(54)31-58-39-11-3-2-4-12-39)28-35(34)25-41(40)47(56)52-29-33-10-6-5-9-32(33)23-37(52)30-49-19-21-57-22-20-49/h2-6,9-12,14-17,24-26,37,53H,7-8,13,18-23,27-31H2,1H3/t37-/m0/s1. The second-order valence-corrected chi connectivity index (χ2v) is 15.9. The van der Waals surface area contributed by atoms with Crippen molar-refractivity contribution >= 4 is 23.4 Å². The first kappa shape index (κ1) is 37.7. The van der Waals surface area contributed by atoms with E-state index < -0.39 is 0 Å². The van der Waals surface area contributed by atoms with Crippen molar-refractivity contribution in [1.82, 2.24) is 19.3 Å². The summed E-state index contributed by atoms with van der Waals surface area (Å²) in [6, 6.07) is 30.4. The van der Waals surface area contributed by atoms with Crippen molar-refractivity contribution in [2.75, 3.05) is 51.4 Å². The van der Waals surface area contributed by atoms with Crippen molar-refractivity contribution in [1.29, 1.82) is 0 Å². The molecule has 1 saturated heterocycles. The SMILES string of the molecule is CN(C(=O)c1cc(-c2cc3c(cc2C(=O)N2Cc4ccccc4C[C@H]2CN2CCOCC2)CN(C(=O)COc2ccccc2)C3)n2c1CCCC2)c1ccc(O)cc1. The van der Waals surface area contributed by atoms with Crippen LogP contribution in [0.5, 0.6) is 11.5 Å². The zero-order valence-corrected chi connectivity index (χ0v) is 32.9. The summed E-state index contributed by atoms with van der Waals surface area (Å²) >= 11 is 0. The van der Waals surface area contributed by atoms with E-state index in [4.69, 9.17) is 9.47 Å². The number of ether oxygens (including phenoxy) is 2. The molecule has 0 spiro atoms. The Bertz CT molecular complexity index is 2330. The maximum absolute atomic E-state index is 15.4. The first-order chi connectivity index (χ1) is 28.3. The zero-order valence-electron chi connectivity index (χ0n) is 32.9. The fourth-order valence-electron chi connectivity index (χ4n) is 9.05. The number of aromatic nitrogens is 1. The van der Waals surface area contributed by atoms with Gasteiger partial charge in [0.1, 0.15) is 11.5 Å². The Morgan fingerprint density at radius 1 is 0.793 bits per heavy atom. The molecule has 0 saturated carbocycles. The molecule has 3 amide bonds. The molecule has 58 heavy (non-hydrogen) atoms. The van der Waals surface area contributed by atoms with Crippen molar-refractivity contribution in [3.05, 3.63) is 136 Å². The van der Waals surface area contributed by atoms with Crippen LogP contribution in [0.3, 0.4) is 0 Å². The number of benzene rings is 4. The van der Waals surface area contributed by atoms with Crippen molar-refractivity contribution in [2.45, 2.75) is 57.9 Å². The lowest BCUT2D eigenvalue weighted by Crippen LogP contribution is -2.52. The smallest absolute Gasteiger partial charge is 0.261 e. The van der Waals surface area contributed by atoms with Crippen LogP contribution in [0.1, 0.15) is 61.5 Å². The lowest BCUT2D eigenvalue weighted by Gasteiger charge is -2.40. The second kappa shape index (κ2) is 16.2. The molecule has 5 heterocycles. The molecular weight excluding hydrogens is 731 g/mol. The number of carbonyl (C=O) groups excluding carboxylic acids is 3. The van der Waals surface area contributed by atoms with Crippen LogP contribution in [0.15, 0.2) is 97.1 Å². The normalized spacial score (nSPS) is 17.6. The third-order valence-corrected chi connectivity index (χ3v) is 12.2. The number of anilines is 1. The van der Waals surface area contributed by atoms with E-state index in [9.17, 15) is 14.7 Å². The first-order valence-corrected chi connectivity index (χ1v) is 20.4. The number of rotatable bonds is 9. The highest BCUT2D eigenvalue weighted by molar-refractivity contribution is 6.08. The largest absolute Gasteiger partial charge is 0.508 e. The van der Waals surface area contributed by atoms with Gasteiger partial charge in [0, 0.05) is 87.1 Å². The molecule has 0 bridgehead atoms. The Hall–Kier alpha value is -5.91.